The fourth-order valence-corrected chi connectivity index (χ4v) is 3.95. The number of Topliss-reactive ketones (excluding diaryl/α,β-unsaturated/α-hetero) is 1. The van der Waals surface area contributed by atoms with Gasteiger partial charge >= 0.3 is 0 Å². The zero-order chi connectivity index (χ0) is 15.5. The Hall–Kier alpha value is -1.74. The van der Waals surface area contributed by atoms with E-state index < -0.39 is 0 Å². The van der Waals surface area contributed by atoms with Crippen LogP contribution >= 0.6 is 11.8 Å². The van der Waals surface area contributed by atoms with Crippen molar-refractivity contribution in [1.82, 2.24) is 0 Å². The van der Waals surface area contributed by atoms with Crippen molar-refractivity contribution < 1.29 is 4.79 Å². The molecular weight excluding hydrogens is 290 g/mol. The standard InChI is InChI=1S/C19H21NOS/c1-3-4-7-12-20-16-8-5-6-9-18(16)22-19-13-15(14(2)21)10-11-17(19)20/h5-6,8-11,13H,3-4,7,12H2,1-2H3. The van der Waals surface area contributed by atoms with E-state index in [1.54, 1.807) is 18.7 Å². The first-order valence-corrected chi connectivity index (χ1v) is 8.71. The summed E-state index contributed by atoms with van der Waals surface area (Å²) in [5.41, 5.74) is 3.30. The number of hydrogen-bond acceptors (Lipinski definition) is 3. The zero-order valence-electron chi connectivity index (χ0n) is 13.1. The Bertz CT molecular complexity index is 696. The molecule has 0 saturated carbocycles. The molecule has 0 fully saturated rings. The highest BCUT2D eigenvalue weighted by molar-refractivity contribution is 7.99. The number of benzene rings is 2. The van der Waals surface area contributed by atoms with Crippen molar-refractivity contribution >= 4 is 28.9 Å². The number of ketones is 1. The van der Waals surface area contributed by atoms with Crippen LogP contribution in [-0.4, -0.2) is 12.3 Å². The normalized spacial score (nSPS) is 12.7. The molecule has 0 N–H and O–H groups in total. The molecule has 0 atom stereocenters. The first kappa shape index (κ1) is 15.2. The van der Waals surface area contributed by atoms with Crippen molar-refractivity contribution in [2.24, 2.45) is 0 Å². The summed E-state index contributed by atoms with van der Waals surface area (Å²) in [4.78, 5) is 16.5. The highest BCUT2D eigenvalue weighted by Crippen LogP contribution is 2.48. The Balaban J connectivity index is 2.00. The Morgan fingerprint density at radius 2 is 1.82 bits per heavy atom. The highest BCUT2D eigenvalue weighted by atomic mass is 32.2. The van der Waals surface area contributed by atoms with Crippen molar-refractivity contribution in [2.75, 3.05) is 11.4 Å². The van der Waals surface area contributed by atoms with Gasteiger partial charge in [0.2, 0.25) is 0 Å². The third kappa shape index (κ3) is 2.91. The monoisotopic (exact) mass is 311 g/mol. The van der Waals surface area contributed by atoms with Gasteiger partial charge in [-0.3, -0.25) is 4.79 Å². The molecule has 1 heterocycles. The number of rotatable bonds is 5. The highest BCUT2D eigenvalue weighted by Gasteiger charge is 2.23. The average Bonchev–Trinajstić information content (AvgIpc) is 2.53. The molecule has 2 aromatic rings. The summed E-state index contributed by atoms with van der Waals surface area (Å²) in [6, 6.07) is 14.6. The minimum absolute atomic E-state index is 0.125. The van der Waals surface area contributed by atoms with Crippen LogP contribution in [0.15, 0.2) is 52.3 Å². The predicted octanol–water partition coefficient (Wildman–Crippen LogP) is 5.68. The molecule has 1 aliphatic rings. The van der Waals surface area contributed by atoms with E-state index in [1.807, 2.05) is 12.1 Å². The van der Waals surface area contributed by atoms with Crippen molar-refractivity contribution in [1.29, 1.82) is 0 Å². The van der Waals surface area contributed by atoms with E-state index >= 15 is 0 Å². The molecule has 114 valence electrons. The van der Waals surface area contributed by atoms with Crippen LogP contribution in [0.4, 0.5) is 11.4 Å². The fraction of sp³-hybridized carbons (Fsp3) is 0.316. The van der Waals surface area contributed by atoms with Gasteiger partial charge in [0, 0.05) is 21.9 Å². The van der Waals surface area contributed by atoms with Gasteiger partial charge in [-0.2, -0.15) is 0 Å². The molecule has 0 aromatic heterocycles. The van der Waals surface area contributed by atoms with Gasteiger partial charge in [-0.1, -0.05) is 43.7 Å². The van der Waals surface area contributed by atoms with Gasteiger partial charge in [-0.15, -0.1) is 0 Å². The van der Waals surface area contributed by atoms with E-state index in [-0.39, 0.29) is 5.78 Å². The second-order valence-electron chi connectivity index (χ2n) is 5.67. The summed E-state index contributed by atoms with van der Waals surface area (Å²) in [6.07, 6.45) is 3.65. The van der Waals surface area contributed by atoms with Crippen LogP contribution in [0.1, 0.15) is 43.5 Å². The quantitative estimate of drug-likeness (QED) is 0.523. The molecule has 1 aliphatic heterocycles. The molecule has 0 spiro atoms. The van der Waals surface area contributed by atoms with E-state index in [0.29, 0.717) is 0 Å². The number of para-hydroxylation sites is 1. The number of nitrogens with zero attached hydrogens (tertiary/aromatic N) is 1. The van der Waals surface area contributed by atoms with Gasteiger partial charge < -0.3 is 4.90 Å². The maximum absolute atomic E-state index is 11.6. The molecule has 0 radical (unpaired) electrons. The number of fused-ring (bicyclic) bond motifs is 2. The lowest BCUT2D eigenvalue weighted by Crippen LogP contribution is -2.22. The van der Waals surface area contributed by atoms with Crippen molar-refractivity contribution in [3.05, 3.63) is 48.0 Å². The van der Waals surface area contributed by atoms with Crippen LogP contribution in [0.3, 0.4) is 0 Å². The molecule has 0 bridgehead atoms. The SMILES string of the molecule is CCCCCN1c2ccccc2Sc2cc(C(C)=O)ccc21. The summed E-state index contributed by atoms with van der Waals surface area (Å²) in [6.45, 7) is 4.88. The Morgan fingerprint density at radius 3 is 2.59 bits per heavy atom. The van der Waals surface area contributed by atoms with Crippen molar-refractivity contribution in [3.8, 4) is 0 Å². The van der Waals surface area contributed by atoms with Gasteiger partial charge in [0.1, 0.15) is 0 Å². The second kappa shape index (κ2) is 6.57. The number of carbonyl (C=O) groups excluding carboxylic acids is 1. The molecule has 3 heteroatoms. The molecule has 22 heavy (non-hydrogen) atoms. The molecule has 0 amide bonds. The zero-order valence-corrected chi connectivity index (χ0v) is 14.0. The predicted molar refractivity (Wildman–Crippen MR) is 93.5 cm³/mol. The molecule has 0 unspecified atom stereocenters. The van der Waals surface area contributed by atoms with E-state index in [0.717, 1.165) is 12.1 Å². The van der Waals surface area contributed by atoms with Crippen LogP contribution < -0.4 is 4.90 Å². The average molecular weight is 311 g/mol. The maximum Gasteiger partial charge on any atom is 0.159 e. The minimum atomic E-state index is 0.125. The van der Waals surface area contributed by atoms with Crippen LogP contribution in [0, 0.1) is 0 Å². The number of anilines is 2. The Labute approximate surface area is 136 Å². The van der Waals surface area contributed by atoms with Crippen LogP contribution in [0.2, 0.25) is 0 Å². The maximum atomic E-state index is 11.6. The number of unbranched alkanes of at least 4 members (excludes halogenated alkanes) is 2. The summed E-state index contributed by atoms with van der Waals surface area (Å²) in [5, 5.41) is 0. The first-order valence-electron chi connectivity index (χ1n) is 7.90. The smallest absolute Gasteiger partial charge is 0.159 e. The number of carbonyl (C=O) groups is 1. The number of hydrogen-bond donors (Lipinski definition) is 0. The molecule has 2 aromatic carbocycles. The van der Waals surface area contributed by atoms with Gasteiger partial charge in [0.05, 0.1) is 11.4 Å². The van der Waals surface area contributed by atoms with Gasteiger partial charge in [0.25, 0.3) is 0 Å². The van der Waals surface area contributed by atoms with Gasteiger partial charge in [-0.05, 0) is 43.7 Å². The lowest BCUT2D eigenvalue weighted by Gasteiger charge is -2.33. The topological polar surface area (TPSA) is 20.3 Å². The van der Waals surface area contributed by atoms with Crippen molar-refractivity contribution in [3.63, 3.8) is 0 Å². The van der Waals surface area contributed by atoms with Gasteiger partial charge in [-0.25, -0.2) is 0 Å². The molecule has 0 aliphatic carbocycles. The summed E-state index contributed by atoms with van der Waals surface area (Å²) < 4.78 is 0. The molecule has 0 saturated heterocycles. The van der Waals surface area contributed by atoms with E-state index in [4.69, 9.17) is 0 Å². The second-order valence-corrected chi connectivity index (χ2v) is 6.75. The summed E-state index contributed by atoms with van der Waals surface area (Å²) >= 11 is 1.76. The van der Waals surface area contributed by atoms with Crippen LogP contribution in [-0.2, 0) is 0 Å². The largest absolute Gasteiger partial charge is 0.340 e. The minimum Gasteiger partial charge on any atom is -0.340 e. The lowest BCUT2D eigenvalue weighted by molar-refractivity contribution is 0.101. The molecule has 2 nitrogen and oxygen atoms in total. The van der Waals surface area contributed by atoms with E-state index in [2.05, 4.69) is 42.2 Å². The Morgan fingerprint density at radius 1 is 1.05 bits per heavy atom. The summed E-state index contributed by atoms with van der Waals surface area (Å²) in [5.74, 6) is 0.125. The van der Waals surface area contributed by atoms with Crippen LogP contribution in [0.5, 0.6) is 0 Å². The lowest BCUT2D eigenvalue weighted by atomic mass is 10.1. The van der Waals surface area contributed by atoms with E-state index in [1.165, 1.54) is 40.4 Å². The van der Waals surface area contributed by atoms with Gasteiger partial charge in [0.15, 0.2) is 5.78 Å². The fourth-order valence-electron chi connectivity index (χ4n) is 2.81. The van der Waals surface area contributed by atoms with Crippen molar-refractivity contribution in [2.45, 2.75) is 42.9 Å². The first-order chi connectivity index (χ1) is 10.7. The molecule has 3 rings (SSSR count). The van der Waals surface area contributed by atoms with E-state index in [9.17, 15) is 4.79 Å². The molecular formula is C19H21NOS. The summed E-state index contributed by atoms with van der Waals surface area (Å²) in [7, 11) is 0. The third-order valence-electron chi connectivity index (χ3n) is 4.02. The van der Waals surface area contributed by atoms with Crippen LogP contribution in [0.25, 0.3) is 0 Å². The third-order valence-corrected chi connectivity index (χ3v) is 5.13. The Kier molecular flexibility index (Phi) is 4.53.